The highest BCUT2D eigenvalue weighted by Gasteiger charge is 2.34. The highest BCUT2D eigenvalue weighted by Crippen LogP contribution is 2.35. The second kappa shape index (κ2) is 5.99. The van der Waals surface area contributed by atoms with E-state index in [1.807, 2.05) is 7.11 Å². The number of piperidine rings is 1. The Kier molecular flexibility index (Phi) is 4.62. The van der Waals surface area contributed by atoms with Crippen molar-refractivity contribution in [3.63, 3.8) is 0 Å². The molecule has 1 aliphatic heterocycles. The Labute approximate surface area is 99.5 Å². The minimum absolute atomic E-state index is 0.667. The van der Waals surface area contributed by atoms with Gasteiger partial charge in [0.15, 0.2) is 0 Å². The number of rotatable bonds is 6. The van der Waals surface area contributed by atoms with Crippen LogP contribution in [0.5, 0.6) is 0 Å². The second-order valence-corrected chi connectivity index (χ2v) is 5.49. The summed E-state index contributed by atoms with van der Waals surface area (Å²) < 4.78 is 5.36. The van der Waals surface area contributed by atoms with Gasteiger partial charge in [0, 0.05) is 19.7 Å². The molecule has 1 N–H and O–H groups in total. The Morgan fingerprint density at radius 2 is 1.94 bits per heavy atom. The summed E-state index contributed by atoms with van der Waals surface area (Å²) >= 11 is 0. The SMILES string of the molecule is COCC(C1CC1)N(C)CC1CCNCC1. The smallest absolute Gasteiger partial charge is 0.0620 e. The molecule has 1 atom stereocenters. The molecule has 1 saturated heterocycles. The lowest BCUT2D eigenvalue weighted by atomic mass is 9.97. The van der Waals surface area contributed by atoms with Crippen molar-refractivity contribution in [1.82, 2.24) is 10.2 Å². The van der Waals surface area contributed by atoms with Crippen LogP contribution in [0.4, 0.5) is 0 Å². The molecule has 3 nitrogen and oxygen atoms in total. The fraction of sp³-hybridized carbons (Fsp3) is 1.00. The third-order valence-corrected chi connectivity index (χ3v) is 4.07. The molecule has 0 radical (unpaired) electrons. The first kappa shape index (κ1) is 12.3. The van der Waals surface area contributed by atoms with E-state index in [4.69, 9.17) is 4.74 Å². The van der Waals surface area contributed by atoms with Gasteiger partial charge in [-0.25, -0.2) is 0 Å². The summed E-state index contributed by atoms with van der Waals surface area (Å²) in [5, 5.41) is 3.43. The number of likely N-dealkylation sites (N-methyl/N-ethyl adjacent to an activating group) is 1. The first-order valence-electron chi connectivity index (χ1n) is 6.71. The van der Waals surface area contributed by atoms with Crippen molar-refractivity contribution in [2.45, 2.75) is 31.7 Å². The van der Waals surface area contributed by atoms with Gasteiger partial charge < -0.3 is 15.0 Å². The summed E-state index contributed by atoms with van der Waals surface area (Å²) in [6.07, 6.45) is 5.50. The monoisotopic (exact) mass is 226 g/mol. The van der Waals surface area contributed by atoms with E-state index in [1.54, 1.807) is 0 Å². The lowest BCUT2D eigenvalue weighted by Gasteiger charge is -2.32. The molecule has 0 amide bonds. The molecule has 1 aliphatic carbocycles. The highest BCUT2D eigenvalue weighted by molar-refractivity contribution is 4.88. The van der Waals surface area contributed by atoms with Crippen LogP contribution < -0.4 is 5.32 Å². The van der Waals surface area contributed by atoms with Crippen molar-refractivity contribution < 1.29 is 4.74 Å². The predicted molar refractivity (Wildman–Crippen MR) is 66.6 cm³/mol. The second-order valence-electron chi connectivity index (χ2n) is 5.49. The first-order chi connectivity index (χ1) is 7.81. The van der Waals surface area contributed by atoms with Crippen molar-refractivity contribution in [3.05, 3.63) is 0 Å². The van der Waals surface area contributed by atoms with Crippen LogP contribution in [-0.4, -0.2) is 51.3 Å². The van der Waals surface area contributed by atoms with Crippen molar-refractivity contribution in [2.75, 3.05) is 40.4 Å². The summed E-state index contributed by atoms with van der Waals surface area (Å²) in [6, 6.07) is 0.667. The maximum atomic E-state index is 5.36. The lowest BCUT2D eigenvalue weighted by Crippen LogP contribution is -2.42. The molecular formula is C13H26N2O. The molecule has 2 rings (SSSR count). The van der Waals surface area contributed by atoms with Crippen LogP contribution in [-0.2, 0) is 4.74 Å². The average molecular weight is 226 g/mol. The van der Waals surface area contributed by atoms with Crippen LogP contribution in [0.1, 0.15) is 25.7 Å². The third kappa shape index (κ3) is 3.44. The zero-order valence-corrected chi connectivity index (χ0v) is 10.7. The number of hydrogen-bond donors (Lipinski definition) is 1. The molecule has 2 fully saturated rings. The van der Waals surface area contributed by atoms with Gasteiger partial charge in [0.1, 0.15) is 0 Å². The van der Waals surface area contributed by atoms with Crippen molar-refractivity contribution in [2.24, 2.45) is 11.8 Å². The molecular weight excluding hydrogens is 200 g/mol. The summed E-state index contributed by atoms with van der Waals surface area (Å²) in [5.74, 6) is 1.80. The van der Waals surface area contributed by atoms with Gasteiger partial charge in [-0.05, 0) is 57.7 Å². The Morgan fingerprint density at radius 3 is 2.50 bits per heavy atom. The van der Waals surface area contributed by atoms with Gasteiger partial charge in [0.2, 0.25) is 0 Å². The Balaban J connectivity index is 1.77. The van der Waals surface area contributed by atoms with E-state index < -0.39 is 0 Å². The van der Waals surface area contributed by atoms with E-state index in [0.29, 0.717) is 6.04 Å². The Bertz CT molecular complexity index is 200. The molecule has 1 heterocycles. The molecule has 0 aromatic rings. The van der Waals surface area contributed by atoms with Crippen LogP contribution in [0.25, 0.3) is 0 Å². The van der Waals surface area contributed by atoms with E-state index >= 15 is 0 Å². The summed E-state index contributed by atoms with van der Waals surface area (Å²) in [7, 11) is 4.11. The van der Waals surface area contributed by atoms with Gasteiger partial charge in [0.05, 0.1) is 6.61 Å². The standard InChI is InChI=1S/C13H26N2O/c1-15(9-11-5-7-14-8-6-11)13(10-16-2)12-3-4-12/h11-14H,3-10H2,1-2H3. The van der Waals surface area contributed by atoms with E-state index in [2.05, 4.69) is 17.3 Å². The zero-order valence-electron chi connectivity index (χ0n) is 10.7. The van der Waals surface area contributed by atoms with Crippen LogP contribution in [0.3, 0.4) is 0 Å². The number of ether oxygens (including phenoxy) is 1. The minimum Gasteiger partial charge on any atom is -0.383 e. The molecule has 2 aliphatic rings. The van der Waals surface area contributed by atoms with Crippen LogP contribution in [0.15, 0.2) is 0 Å². The molecule has 0 spiro atoms. The summed E-state index contributed by atoms with van der Waals surface area (Å²) in [6.45, 7) is 4.58. The molecule has 16 heavy (non-hydrogen) atoms. The van der Waals surface area contributed by atoms with Crippen molar-refractivity contribution in [3.8, 4) is 0 Å². The normalized spacial score (nSPS) is 24.9. The molecule has 0 aromatic carbocycles. The van der Waals surface area contributed by atoms with Crippen LogP contribution in [0, 0.1) is 11.8 Å². The van der Waals surface area contributed by atoms with E-state index in [0.717, 1.165) is 18.4 Å². The van der Waals surface area contributed by atoms with Crippen LogP contribution >= 0.6 is 0 Å². The first-order valence-corrected chi connectivity index (χ1v) is 6.71. The van der Waals surface area contributed by atoms with E-state index in [1.165, 1.54) is 45.3 Å². The van der Waals surface area contributed by atoms with Gasteiger partial charge in [0.25, 0.3) is 0 Å². The quantitative estimate of drug-likeness (QED) is 0.740. The van der Waals surface area contributed by atoms with Crippen molar-refractivity contribution in [1.29, 1.82) is 0 Å². The lowest BCUT2D eigenvalue weighted by molar-refractivity contribution is 0.0803. The number of methoxy groups -OCH3 is 1. The van der Waals surface area contributed by atoms with Gasteiger partial charge >= 0.3 is 0 Å². The summed E-state index contributed by atoms with van der Waals surface area (Å²) in [4.78, 5) is 2.55. The topological polar surface area (TPSA) is 24.5 Å². The number of nitrogens with one attached hydrogen (secondary N) is 1. The van der Waals surface area contributed by atoms with Crippen LogP contribution in [0.2, 0.25) is 0 Å². The Morgan fingerprint density at radius 1 is 1.25 bits per heavy atom. The van der Waals surface area contributed by atoms with Gasteiger partial charge in [-0.2, -0.15) is 0 Å². The Hall–Kier alpha value is -0.120. The zero-order chi connectivity index (χ0) is 11.4. The van der Waals surface area contributed by atoms with E-state index in [-0.39, 0.29) is 0 Å². The predicted octanol–water partition coefficient (Wildman–Crippen LogP) is 1.34. The van der Waals surface area contributed by atoms with Gasteiger partial charge in [-0.3, -0.25) is 0 Å². The van der Waals surface area contributed by atoms with Gasteiger partial charge in [-0.1, -0.05) is 0 Å². The van der Waals surface area contributed by atoms with E-state index in [9.17, 15) is 0 Å². The molecule has 0 aromatic heterocycles. The third-order valence-electron chi connectivity index (χ3n) is 4.07. The maximum absolute atomic E-state index is 5.36. The summed E-state index contributed by atoms with van der Waals surface area (Å²) in [5.41, 5.74) is 0. The largest absolute Gasteiger partial charge is 0.383 e. The number of nitrogens with zero attached hydrogens (tertiary/aromatic N) is 1. The number of hydrogen-bond acceptors (Lipinski definition) is 3. The maximum Gasteiger partial charge on any atom is 0.0620 e. The molecule has 0 bridgehead atoms. The van der Waals surface area contributed by atoms with Gasteiger partial charge in [-0.15, -0.1) is 0 Å². The average Bonchev–Trinajstić information content (AvgIpc) is 3.11. The molecule has 3 heteroatoms. The fourth-order valence-corrected chi connectivity index (χ4v) is 2.88. The molecule has 1 saturated carbocycles. The highest BCUT2D eigenvalue weighted by atomic mass is 16.5. The molecule has 94 valence electrons. The molecule has 1 unspecified atom stereocenters. The fourth-order valence-electron chi connectivity index (χ4n) is 2.88. The van der Waals surface area contributed by atoms with Crippen molar-refractivity contribution >= 4 is 0 Å². The minimum atomic E-state index is 0.667.